The number of rotatable bonds is 6. The highest BCUT2D eigenvalue weighted by molar-refractivity contribution is 9.10. The van der Waals surface area contributed by atoms with E-state index in [2.05, 4.69) is 26.3 Å². The molecule has 0 radical (unpaired) electrons. The second-order valence-electron chi connectivity index (χ2n) is 4.31. The van der Waals surface area contributed by atoms with Gasteiger partial charge in [-0.15, -0.1) is 0 Å². The maximum atomic E-state index is 5.61. The van der Waals surface area contributed by atoms with Gasteiger partial charge in [-0.3, -0.25) is 4.68 Å². The van der Waals surface area contributed by atoms with Crippen molar-refractivity contribution >= 4 is 15.9 Å². The van der Waals surface area contributed by atoms with Crippen molar-refractivity contribution in [1.82, 2.24) is 15.1 Å². The van der Waals surface area contributed by atoms with Crippen molar-refractivity contribution in [2.45, 2.75) is 13.5 Å². The van der Waals surface area contributed by atoms with Crippen molar-refractivity contribution in [2.75, 3.05) is 13.2 Å². The Labute approximate surface area is 121 Å². The molecule has 102 valence electrons. The first-order chi connectivity index (χ1) is 9.18. The number of hydrogen-bond acceptors (Lipinski definition) is 3. The Balaban J connectivity index is 1.72. The van der Waals surface area contributed by atoms with E-state index in [-0.39, 0.29) is 0 Å². The number of hydrogen-bond donors (Lipinski definition) is 1. The summed E-state index contributed by atoms with van der Waals surface area (Å²) in [5.74, 6) is 0.904. The van der Waals surface area contributed by atoms with Gasteiger partial charge in [-0.05, 0) is 35.0 Å². The third-order valence-corrected chi connectivity index (χ3v) is 3.88. The van der Waals surface area contributed by atoms with Crippen molar-refractivity contribution in [3.63, 3.8) is 0 Å². The summed E-state index contributed by atoms with van der Waals surface area (Å²) in [6.07, 6.45) is 0. The van der Waals surface area contributed by atoms with Gasteiger partial charge in [-0.25, -0.2) is 0 Å². The molecule has 0 aliphatic carbocycles. The predicted molar refractivity (Wildman–Crippen MR) is 79.3 cm³/mol. The van der Waals surface area contributed by atoms with E-state index in [9.17, 15) is 0 Å². The number of ether oxygens (including phenoxy) is 1. The molecule has 0 amide bonds. The second-order valence-corrected chi connectivity index (χ2v) is 5.10. The first-order valence-corrected chi connectivity index (χ1v) is 7.04. The van der Waals surface area contributed by atoms with E-state index in [1.165, 1.54) is 0 Å². The van der Waals surface area contributed by atoms with Crippen molar-refractivity contribution < 1.29 is 4.74 Å². The van der Waals surface area contributed by atoms with Gasteiger partial charge in [-0.1, -0.05) is 18.2 Å². The largest absolute Gasteiger partial charge is 0.492 e. The fourth-order valence-corrected chi connectivity index (χ4v) is 2.31. The lowest BCUT2D eigenvalue weighted by atomic mass is 10.3. The molecule has 19 heavy (non-hydrogen) atoms. The van der Waals surface area contributed by atoms with E-state index < -0.39 is 0 Å². The lowest BCUT2D eigenvalue weighted by Crippen LogP contribution is -2.22. The summed E-state index contributed by atoms with van der Waals surface area (Å²) in [7, 11) is 1.95. The normalized spacial score (nSPS) is 10.7. The predicted octanol–water partition coefficient (Wildman–Crippen LogP) is 2.66. The molecule has 5 heteroatoms. The van der Waals surface area contributed by atoms with Crippen LogP contribution in [0, 0.1) is 6.92 Å². The van der Waals surface area contributed by atoms with Crippen molar-refractivity contribution in [1.29, 1.82) is 0 Å². The minimum Gasteiger partial charge on any atom is -0.492 e. The molecule has 0 aliphatic heterocycles. The molecule has 4 nitrogen and oxygen atoms in total. The maximum Gasteiger partial charge on any atom is 0.119 e. The van der Waals surface area contributed by atoms with Gasteiger partial charge < -0.3 is 10.1 Å². The van der Waals surface area contributed by atoms with E-state index in [1.54, 1.807) is 0 Å². The standard InChI is InChI=1S/C14H18BrN3O/c1-11-14(15)13(18(2)17-11)10-16-8-9-19-12-6-4-3-5-7-12/h3-7,16H,8-10H2,1-2H3. The van der Waals surface area contributed by atoms with E-state index in [0.29, 0.717) is 6.61 Å². The lowest BCUT2D eigenvalue weighted by molar-refractivity contribution is 0.313. The van der Waals surface area contributed by atoms with Crippen LogP contribution in [0.25, 0.3) is 0 Å². The second kappa shape index (κ2) is 6.73. The van der Waals surface area contributed by atoms with E-state index in [0.717, 1.165) is 34.7 Å². The fraction of sp³-hybridized carbons (Fsp3) is 0.357. The zero-order chi connectivity index (χ0) is 13.7. The van der Waals surface area contributed by atoms with Crippen LogP contribution in [0.1, 0.15) is 11.4 Å². The van der Waals surface area contributed by atoms with Crippen molar-refractivity contribution in [2.24, 2.45) is 7.05 Å². The molecular weight excluding hydrogens is 306 g/mol. The number of nitrogens with zero attached hydrogens (tertiary/aromatic N) is 2. The third-order valence-electron chi connectivity index (χ3n) is 2.84. The molecule has 0 atom stereocenters. The fourth-order valence-electron chi connectivity index (χ4n) is 1.84. The maximum absolute atomic E-state index is 5.61. The summed E-state index contributed by atoms with van der Waals surface area (Å²) in [6.45, 7) is 4.21. The molecule has 0 saturated carbocycles. The van der Waals surface area contributed by atoms with Gasteiger partial charge >= 0.3 is 0 Å². The molecule has 2 aromatic rings. The van der Waals surface area contributed by atoms with E-state index >= 15 is 0 Å². The summed E-state index contributed by atoms with van der Waals surface area (Å²) < 4.78 is 8.58. The zero-order valence-corrected chi connectivity index (χ0v) is 12.8. The van der Waals surface area contributed by atoms with Crippen molar-refractivity contribution in [3.8, 4) is 5.75 Å². The van der Waals surface area contributed by atoms with Crippen LogP contribution in [0.3, 0.4) is 0 Å². The smallest absolute Gasteiger partial charge is 0.119 e. The third kappa shape index (κ3) is 3.81. The quantitative estimate of drug-likeness (QED) is 0.831. The monoisotopic (exact) mass is 323 g/mol. The topological polar surface area (TPSA) is 39.1 Å². The van der Waals surface area contributed by atoms with E-state index in [4.69, 9.17) is 4.74 Å². The van der Waals surface area contributed by atoms with Gasteiger partial charge in [0.2, 0.25) is 0 Å². The number of halogens is 1. The molecule has 1 aromatic carbocycles. The van der Waals surface area contributed by atoms with Gasteiger partial charge in [0.25, 0.3) is 0 Å². The zero-order valence-electron chi connectivity index (χ0n) is 11.2. The van der Waals surface area contributed by atoms with Crippen LogP contribution in [0.5, 0.6) is 5.75 Å². The molecule has 2 rings (SSSR count). The Hall–Kier alpha value is -1.33. The molecule has 0 fully saturated rings. The number of para-hydroxylation sites is 1. The Kier molecular flexibility index (Phi) is 4.99. The molecule has 1 aromatic heterocycles. The molecule has 0 saturated heterocycles. The van der Waals surface area contributed by atoms with Crippen LogP contribution in [0.15, 0.2) is 34.8 Å². The first kappa shape index (κ1) is 14.1. The Morgan fingerprint density at radius 1 is 1.32 bits per heavy atom. The van der Waals surface area contributed by atoms with Gasteiger partial charge in [-0.2, -0.15) is 5.10 Å². The Bertz CT molecular complexity index is 525. The van der Waals surface area contributed by atoms with Gasteiger partial charge in [0, 0.05) is 20.1 Å². The molecule has 0 aliphatic rings. The van der Waals surface area contributed by atoms with Crippen LogP contribution in [0.4, 0.5) is 0 Å². The first-order valence-electron chi connectivity index (χ1n) is 6.25. The highest BCUT2D eigenvalue weighted by Gasteiger charge is 2.09. The summed E-state index contributed by atoms with van der Waals surface area (Å²) in [6, 6.07) is 9.84. The average Bonchev–Trinajstić information content (AvgIpc) is 2.65. The molecule has 0 unspecified atom stereocenters. The molecule has 1 N–H and O–H groups in total. The number of nitrogens with one attached hydrogen (secondary N) is 1. The molecular formula is C14H18BrN3O. The Morgan fingerprint density at radius 3 is 2.68 bits per heavy atom. The molecule has 0 spiro atoms. The lowest BCUT2D eigenvalue weighted by Gasteiger charge is -2.08. The number of aromatic nitrogens is 2. The van der Waals surface area contributed by atoms with Crippen LogP contribution in [-0.4, -0.2) is 22.9 Å². The summed E-state index contributed by atoms with van der Waals surface area (Å²) in [5, 5.41) is 7.71. The average molecular weight is 324 g/mol. The SMILES string of the molecule is Cc1nn(C)c(CNCCOc2ccccc2)c1Br. The number of aryl methyl sites for hydroxylation is 2. The van der Waals surface area contributed by atoms with Gasteiger partial charge in [0.15, 0.2) is 0 Å². The van der Waals surface area contributed by atoms with Crippen LogP contribution in [-0.2, 0) is 13.6 Å². The highest BCUT2D eigenvalue weighted by atomic mass is 79.9. The summed E-state index contributed by atoms with van der Waals surface area (Å²) in [4.78, 5) is 0. The minimum atomic E-state index is 0.651. The summed E-state index contributed by atoms with van der Waals surface area (Å²) in [5.41, 5.74) is 2.16. The van der Waals surface area contributed by atoms with Gasteiger partial charge in [0.05, 0.1) is 15.9 Å². The minimum absolute atomic E-state index is 0.651. The highest BCUT2D eigenvalue weighted by Crippen LogP contribution is 2.19. The summed E-state index contributed by atoms with van der Waals surface area (Å²) >= 11 is 3.55. The van der Waals surface area contributed by atoms with Crippen LogP contribution < -0.4 is 10.1 Å². The molecule has 1 heterocycles. The molecule has 0 bridgehead atoms. The van der Waals surface area contributed by atoms with Crippen LogP contribution in [0.2, 0.25) is 0 Å². The van der Waals surface area contributed by atoms with E-state index in [1.807, 2.05) is 49.0 Å². The van der Waals surface area contributed by atoms with Crippen LogP contribution >= 0.6 is 15.9 Å². The van der Waals surface area contributed by atoms with Gasteiger partial charge in [0.1, 0.15) is 12.4 Å². The Morgan fingerprint density at radius 2 is 2.05 bits per heavy atom. The van der Waals surface area contributed by atoms with Crippen molar-refractivity contribution in [3.05, 3.63) is 46.2 Å². The number of benzene rings is 1.